The normalized spacial score (nSPS) is 11.0. The topological polar surface area (TPSA) is 127 Å². The molecule has 0 aliphatic heterocycles. The van der Waals surface area contributed by atoms with Crippen LogP contribution in [0.3, 0.4) is 0 Å². The Kier molecular flexibility index (Phi) is 6.16. The molecule has 0 radical (unpaired) electrons. The molecule has 0 saturated heterocycles. The third-order valence-corrected chi connectivity index (χ3v) is 7.29. The molecule has 10 nitrogen and oxygen atoms in total. The van der Waals surface area contributed by atoms with Gasteiger partial charge in [-0.2, -0.15) is 4.52 Å². The molecule has 4 aromatic rings. The van der Waals surface area contributed by atoms with Crippen LogP contribution < -0.4 is 10.6 Å². The van der Waals surface area contributed by atoms with Gasteiger partial charge < -0.3 is 10.6 Å². The van der Waals surface area contributed by atoms with Gasteiger partial charge in [-0.25, -0.2) is 9.97 Å². The minimum atomic E-state index is -0.180. The summed E-state index contributed by atoms with van der Waals surface area (Å²) < 4.78 is 2.26. The van der Waals surface area contributed by atoms with E-state index >= 15 is 0 Å². The van der Waals surface area contributed by atoms with E-state index in [-0.39, 0.29) is 23.3 Å². The number of hydrogen-bond acceptors (Lipinski definition) is 12. The van der Waals surface area contributed by atoms with Crippen molar-refractivity contribution in [3.05, 3.63) is 23.2 Å². The third kappa shape index (κ3) is 4.85. The summed E-state index contributed by atoms with van der Waals surface area (Å²) in [6, 6.07) is 0. The quantitative estimate of drug-likeness (QED) is 0.373. The predicted octanol–water partition coefficient (Wildman–Crippen LogP) is 2.56. The van der Waals surface area contributed by atoms with Gasteiger partial charge in [-0.05, 0) is 0 Å². The lowest BCUT2D eigenvalue weighted by molar-refractivity contribution is -0.114. The average Bonchev–Trinajstić information content (AvgIpc) is 3.44. The summed E-state index contributed by atoms with van der Waals surface area (Å²) in [5.41, 5.74) is 0. The number of nitrogens with zero attached hydrogens (tertiary/aromatic N) is 6. The van der Waals surface area contributed by atoms with Crippen LogP contribution in [0.2, 0.25) is 0 Å². The fourth-order valence-corrected chi connectivity index (χ4v) is 5.37. The lowest BCUT2D eigenvalue weighted by atomic mass is 10.7. The summed E-state index contributed by atoms with van der Waals surface area (Å²) in [6.45, 7) is 0. The van der Waals surface area contributed by atoms with Crippen molar-refractivity contribution in [3.63, 3.8) is 0 Å². The van der Waals surface area contributed by atoms with Gasteiger partial charge in [-0.1, -0.05) is 34.9 Å². The summed E-state index contributed by atoms with van der Waals surface area (Å²) in [7, 11) is 0. The number of amides is 2. The molecule has 2 N–H and O–H groups in total. The lowest BCUT2D eigenvalue weighted by Crippen LogP contribution is -2.14. The van der Waals surface area contributed by atoms with Crippen LogP contribution in [0.5, 0.6) is 0 Å². The van der Waals surface area contributed by atoms with Crippen molar-refractivity contribution in [1.82, 2.24) is 29.8 Å². The van der Waals surface area contributed by atoms with E-state index in [2.05, 4.69) is 35.9 Å². The Morgan fingerprint density at radius 2 is 1.61 bits per heavy atom. The molecule has 0 aliphatic carbocycles. The molecule has 2 amide bonds. The molecule has 0 saturated carbocycles. The Balaban J connectivity index is 1.31. The molecule has 0 spiro atoms. The van der Waals surface area contributed by atoms with Crippen molar-refractivity contribution in [2.75, 3.05) is 22.1 Å². The van der Waals surface area contributed by atoms with Gasteiger partial charge in [0.1, 0.15) is 0 Å². The number of nitrogens with one attached hydrogen (secondary N) is 2. The van der Waals surface area contributed by atoms with Gasteiger partial charge in [0, 0.05) is 23.2 Å². The zero-order valence-electron chi connectivity index (χ0n) is 13.8. The number of rotatable bonds is 8. The number of fused-ring (bicyclic) bond motifs is 1. The van der Waals surface area contributed by atoms with Crippen molar-refractivity contribution in [3.8, 4) is 0 Å². The molecule has 15 heteroatoms. The van der Waals surface area contributed by atoms with Gasteiger partial charge in [-0.3, -0.25) is 9.59 Å². The molecule has 28 heavy (non-hydrogen) atoms. The molecule has 0 bridgehead atoms. The van der Waals surface area contributed by atoms with Gasteiger partial charge in [-0.15, -0.1) is 38.0 Å². The first-order valence-corrected chi connectivity index (χ1v) is 12.1. The number of hydrogen-bond donors (Lipinski definition) is 2. The Morgan fingerprint density at radius 3 is 2.21 bits per heavy atom. The molecule has 4 heterocycles. The fraction of sp³-hybridized carbons (Fsp3) is 0.154. The van der Waals surface area contributed by atoms with Crippen molar-refractivity contribution in [2.45, 2.75) is 9.50 Å². The number of carbonyl (C=O) groups excluding carboxylic acids is 2. The zero-order chi connectivity index (χ0) is 19.3. The van der Waals surface area contributed by atoms with Crippen LogP contribution in [0, 0.1) is 0 Å². The second kappa shape index (κ2) is 8.95. The SMILES string of the molecule is O=C(CSc1nn2c(SCC(=O)Nc3nccs3)nnc2s1)Nc1nccs1. The Morgan fingerprint density at radius 1 is 0.964 bits per heavy atom. The first-order chi connectivity index (χ1) is 13.7. The molecular weight excluding hydrogens is 461 g/mol. The highest BCUT2D eigenvalue weighted by Crippen LogP contribution is 2.27. The zero-order valence-corrected chi connectivity index (χ0v) is 17.8. The summed E-state index contributed by atoms with van der Waals surface area (Å²) >= 11 is 6.58. The average molecular weight is 471 g/mol. The van der Waals surface area contributed by atoms with E-state index in [1.165, 1.54) is 57.5 Å². The molecule has 0 aromatic carbocycles. The minimum Gasteiger partial charge on any atom is -0.301 e. The van der Waals surface area contributed by atoms with Gasteiger partial charge in [0.25, 0.3) is 0 Å². The number of carbonyl (C=O) groups is 2. The molecule has 4 aromatic heterocycles. The summed E-state index contributed by atoms with van der Waals surface area (Å²) in [5, 5.41) is 23.2. The number of thioether (sulfide) groups is 2. The van der Waals surface area contributed by atoms with E-state index in [0.29, 0.717) is 24.7 Å². The maximum absolute atomic E-state index is 12.0. The van der Waals surface area contributed by atoms with Crippen LogP contribution in [0.4, 0.5) is 10.3 Å². The van der Waals surface area contributed by atoms with E-state index in [0.717, 1.165) is 0 Å². The summed E-state index contributed by atoms with van der Waals surface area (Å²) in [5.74, 6) is 0.0404. The van der Waals surface area contributed by atoms with E-state index in [9.17, 15) is 9.59 Å². The molecule has 0 unspecified atom stereocenters. The van der Waals surface area contributed by atoms with Crippen LogP contribution in [-0.4, -0.2) is 53.1 Å². The van der Waals surface area contributed by atoms with Crippen LogP contribution in [0.25, 0.3) is 4.96 Å². The smallest absolute Gasteiger partial charge is 0.236 e. The van der Waals surface area contributed by atoms with Gasteiger partial charge >= 0.3 is 0 Å². The third-order valence-electron chi connectivity index (χ3n) is 2.96. The van der Waals surface area contributed by atoms with Crippen molar-refractivity contribution < 1.29 is 9.59 Å². The van der Waals surface area contributed by atoms with Crippen LogP contribution >= 0.6 is 57.5 Å². The van der Waals surface area contributed by atoms with Crippen LogP contribution in [0.15, 0.2) is 32.6 Å². The molecule has 0 aliphatic rings. The summed E-state index contributed by atoms with van der Waals surface area (Å²) in [4.78, 5) is 32.5. The van der Waals surface area contributed by atoms with Gasteiger partial charge in [0.05, 0.1) is 11.5 Å². The molecule has 0 fully saturated rings. The van der Waals surface area contributed by atoms with Crippen LogP contribution in [-0.2, 0) is 9.59 Å². The monoisotopic (exact) mass is 470 g/mol. The molecule has 0 atom stereocenters. The van der Waals surface area contributed by atoms with E-state index in [1.54, 1.807) is 27.7 Å². The Labute approximate surface area is 178 Å². The minimum absolute atomic E-state index is 0.153. The van der Waals surface area contributed by atoms with Crippen molar-refractivity contribution >= 4 is 84.6 Å². The van der Waals surface area contributed by atoms with Gasteiger partial charge in [0.15, 0.2) is 14.6 Å². The second-order valence-electron chi connectivity index (χ2n) is 4.89. The Hall–Kier alpha value is -2.07. The first kappa shape index (κ1) is 19.3. The van der Waals surface area contributed by atoms with Crippen molar-refractivity contribution in [1.29, 1.82) is 0 Å². The predicted molar refractivity (Wildman–Crippen MR) is 112 cm³/mol. The lowest BCUT2D eigenvalue weighted by Gasteiger charge is -2.00. The molecular formula is C13H10N8O2S5. The number of anilines is 2. The largest absolute Gasteiger partial charge is 0.301 e. The maximum atomic E-state index is 12.0. The molecule has 4 rings (SSSR count). The fourth-order valence-electron chi connectivity index (χ4n) is 1.87. The van der Waals surface area contributed by atoms with Gasteiger partial charge in [0.2, 0.25) is 21.9 Å². The standard InChI is InChI=1S/C13H10N8O2S5/c22-7(16-9-14-1-3-24-9)5-26-11-18-19-12-21(11)20-13(28-12)27-6-8(23)17-10-15-2-4-25-10/h1-4H,5-6H2,(H,14,16,22)(H,15,17,23). The highest BCUT2D eigenvalue weighted by atomic mass is 32.2. The van der Waals surface area contributed by atoms with Crippen molar-refractivity contribution in [2.24, 2.45) is 0 Å². The van der Waals surface area contributed by atoms with Crippen LogP contribution in [0.1, 0.15) is 0 Å². The number of thiazole rings is 2. The number of aromatic nitrogens is 6. The highest BCUT2D eigenvalue weighted by Gasteiger charge is 2.15. The molecule has 144 valence electrons. The van der Waals surface area contributed by atoms with E-state index in [1.807, 2.05) is 0 Å². The van der Waals surface area contributed by atoms with E-state index in [4.69, 9.17) is 0 Å². The second-order valence-corrected chi connectivity index (χ2v) is 9.80. The van der Waals surface area contributed by atoms with E-state index < -0.39 is 0 Å². The summed E-state index contributed by atoms with van der Waals surface area (Å²) in [6.07, 6.45) is 3.26. The first-order valence-electron chi connectivity index (χ1n) is 7.54. The Bertz CT molecular complexity index is 1070. The maximum Gasteiger partial charge on any atom is 0.236 e. The highest BCUT2D eigenvalue weighted by molar-refractivity contribution is 8.01.